The van der Waals surface area contributed by atoms with Crippen molar-refractivity contribution < 1.29 is 14.6 Å². The van der Waals surface area contributed by atoms with E-state index < -0.39 is 5.60 Å². The molecule has 0 bridgehead atoms. The van der Waals surface area contributed by atoms with Gasteiger partial charge in [-0.3, -0.25) is 0 Å². The van der Waals surface area contributed by atoms with E-state index in [2.05, 4.69) is 5.10 Å². The molecule has 0 spiro atoms. The standard InChI is InChI=1S/C17H24N4O3/c1-5-11-10-18-21-14(11)19-13-7-9-20(8-6-12(13)15(21)22)16(23)24-17(2,3)4/h10,22H,5-9H2,1-4H3. The number of aromatic hydroxyl groups is 1. The van der Waals surface area contributed by atoms with E-state index in [1.165, 1.54) is 4.52 Å². The van der Waals surface area contributed by atoms with Crippen LogP contribution in [0.25, 0.3) is 5.65 Å². The minimum Gasteiger partial charge on any atom is -0.493 e. The third-order valence-corrected chi connectivity index (χ3v) is 4.16. The van der Waals surface area contributed by atoms with Crippen LogP contribution in [0.1, 0.15) is 44.5 Å². The molecular formula is C17H24N4O3. The fourth-order valence-corrected chi connectivity index (χ4v) is 2.92. The molecule has 1 N–H and O–H groups in total. The first kappa shape index (κ1) is 16.5. The fourth-order valence-electron chi connectivity index (χ4n) is 2.92. The van der Waals surface area contributed by atoms with E-state index in [0.29, 0.717) is 31.6 Å². The lowest BCUT2D eigenvalue weighted by molar-refractivity contribution is 0.0258. The molecule has 0 aromatic carbocycles. The zero-order valence-corrected chi connectivity index (χ0v) is 14.7. The molecule has 0 unspecified atom stereocenters. The lowest BCUT2D eigenvalue weighted by Gasteiger charge is -2.26. The van der Waals surface area contributed by atoms with Crippen molar-refractivity contribution in [2.24, 2.45) is 0 Å². The average Bonchev–Trinajstić information content (AvgIpc) is 2.77. The number of rotatable bonds is 1. The first-order valence-electron chi connectivity index (χ1n) is 8.35. The molecule has 2 aromatic rings. The van der Waals surface area contributed by atoms with Crippen LogP contribution in [0.2, 0.25) is 0 Å². The van der Waals surface area contributed by atoms with Gasteiger partial charge in [0.1, 0.15) is 5.60 Å². The normalized spacial score (nSPS) is 15.2. The number of nitrogens with zero attached hydrogens (tertiary/aromatic N) is 4. The van der Waals surface area contributed by atoms with Crippen molar-refractivity contribution in [1.29, 1.82) is 0 Å². The van der Waals surface area contributed by atoms with Gasteiger partial charge in [-0.2, -0.15) is 9.61 Å². The molecule has 1 aliphatic heterocycles. The smallest absolute Gasteiger partial charge is 0.410 e. The van der Waals surface area contributed by atoms with Crippen LogP contribution >= 0.6 is 0 Å². The minimum absolute atomic E-state index is 0.126. The van der Waals surface area contributed by atoms with Gasteiger partial charge in [-0.15, -0.1) is 0 Å². The first-order chi connectivity index (χ1) is 11.3. The van der Waals surface area contributed by atoms with E-state index in [-0.39, 0.29) is 12.0 Å². The van der Waals surface area contributed by atoms with Gasteiger partial charge in [0.05, 0.1) is 11.9 Å². The van der Waals surface area contributed by atoms with Gasteiger partial charge >= 0.3 is 6.09 Å². The summed E-state index contributed by atoms with van der Waals surface area (Å²) in [7, 11) is 0. The van der Waals surface area contributed by atoms with E-state index in [1.54, 1.807) is 11.1 Å². The van der Waals surface area contributed by atoms with Crippen LogP contribution in [0, 0.1) is 0 Å². The monoisotopic (exact) mass is 332 g/mol. The Balaban J connectivity index is 1.88. The average molecular weight is 332 g/mol. The Morgan fingerprint density at radius 3 is 2.71 bits per heavy atom. The molecule has 0 saturated heterocycles. The van der Waals surface area contributed by atoms with Crippen LogP contribution in [0.5, 0.6) is 5.88 Å². The van der Waals surface area contributed by atoms with E-state index in [9.17, 15) is 9.90 Å². The second kappa shape index (κ2) is 5.96. The third kappa shape index (κ3) is 3.02. The van der Waals surface area contributed by atoms with Crippen LogP contribution in [0.4, 0.5) is 4.79 Å². The van der Waals surface area contributed by atoms with Crippen molar-refractivity contribution >= 4 is 11.7 Å². The van der Waals surface area contributed by atoms with Gasteiger partial charge in [0, 0.05) is 30.6 Å². The SMILES string of the molecule is CCc1cnn2c(O)c3c(nc12)CCN(C(=O)OC(C)(C)C)CC3. The second-order valence-corrected chi connectivity index (χ2v) is 7.09. The highest BCUT2D eigenvalue weighted by Gasteiger charge is 2.27. The highest BCUT2D eigenvalue weighted by molar-refractivity contribution is 5.68. The molecule has 1 amide bonds. The molecule has 130 valence electrons. The molecular weight excluding hydrogens is 308 g/mol. The first-order valence-corrected chi connectivity index (χ1v) is 8.35. The summed E-state index contributed by atoms with van der Waals surface area (Å²) in [4.78, 5) is 18.7. The Morgan fingerprint density at radius 1 is 1.33 bits per heavy atom. The minimum atomic E-state index is -0.520. The second-order valence-electron chi connectivity index (χ2n) is 7.09. The summed E-state index contributed by atoms with van der Waals surface area (Å²) in [5.74, 6) is 0.126. The van der Waals surface area contributed by atoms with Gasteiger partial charge in [-0.05, 0) is 33.6 Å². The lowest BCUT2D eigenvalue weighted by Crippen LogP contribution is -2.38. The highest BCUT2D eigenvalue weighted by atomic mass is 16.6. The third-order valence-electron chi connectivity index (χ3n) is 4.16. The van der Waals surface area contributed by atoms with E-state index in [1.807, 2.05) is 27.7 Å². The Kier molecular flexibility index (Phi) is 4.11. The van der Waals surface area contributed by atoms with Crippen LogP contribution in [-0.4, -0.2) is 49.4 Å². The Morgan fingerprint density at radius 2 is 2.04 bits per heavy atom. The summed E-state index contributed by atoms with van der Waals surface area (Å²) in [6.07, 6.45) is 3.35. The zero-order chi connectivity index (χ0) is 17.5. The molecule has 2 aromatic heterocycles. The van der Waals surface area contributed by atoms with E-state index in [0.717, 1.165) is 23.2 Å². The molecule has 0 saturated carbocycles. The summed E-state index contributed by atoms with van der Waals surface area (Å²) in [5.41, 5.74) is 2.77. The fraction of sp³-hybridized carbons (Fsp3) is 0.588. The largest absolute Gasteiger partial charge is 0.493 e. The maximum Gasteiger partial charge on any atom is 0.410 e. The summed E-state index contributed by atoms with van der Waals surface area (Å²) >= 11 is 0. The molecule has 3 rings (SSSR count). The molecule has 0 fully saturated rings. The number of aryl methyl sites for hydroxylation is 1. The van der Waals surface area contributed by atoms with Gasteiger partial charge in [0.15, 0.2) is 5.65 Å². The quantitative estimate of drug-likeness (QED) is 0.867. The topological polar surface area (TPSA) is 80.0 Å². The van der Waals surface area contributed by atoms with Gasteiger partial charge in [0.25, 0.3) is 0 Å². The molecule has 0 radical (unpaired) electrons. The van der Waals surface area contributed by atoms with Crippen molar-refractivity contribution in [2.75, 3.05) is 13.1 Å². The van der Waals surface area contributed by atoms with Crippen LogP contribution in [-0.2, 0) is 24.0 Å². The predicted molar refractivity (Wildman–Crippen MR) is 89.2 cm³/mol. The van der Waals surface area contributed by atoms with Crippen molar-refractivity contribution in [1.82, 2.24) is 19.5 Å². The van der Waals surface area contributed by atoms with Crippen LogP contribution in [0.15, 0.2) is 6.20 Å². The maximum absolute atomic E-state index is 12.3. The predicted octanol–water partition coefficient (Wildman–Crippen LogP) is 2.33. The number of carbonyl (C=O) groups is 1. The molecule has 24 heavy (non-hydrogen) atoms. The number of hydrogen-bond acceptors (Lipinski definition) is 5. The maximum atomic E-state index is 12.3. The summed E-state index contributed by atoms with van der Waals surface area (Å²) < 4.78 is 6.93. The van der Waals surface area contributed by atoms with Crippen molar-refractivity contribution in [3.05, 3.63) is 23.0 Å². The Bertz CT molecular complexity index is 776. The number of amides is 1. The van der Waals surface area contributed by atoms with Gasteiger partial charge in [-0.1, -0.05) is 6.92 Å². The number of aromatic nitrogens is 3. The molecule has 1 aliphatic rings. The summed E-state index contributed by atoms with van der Waals surface area (Å²) in [6.45, 7) is 8.61. The van der Waals surface area contributed by atoms with Gasteiger partial charge < -0.3 is 14.7 Å². The number of ether oxygens (including phenoxy) is 1. The Hall–Kier alpha value is -2.31. The molecule has 7 heteroatoms. The Labute approximate surface area is 141 Å². The number of hydrogen-bond donors (Lipinski definition) is 1. The van der Waals surface area contributed by atoms with E-state index >= 15 is 0 Å². The molecule has 0 atom stereocenters. The number of fused-ring (bicyclic) bond motifs is 2. The number of carbonyl (C=O) groups excluding carboxylic acids is 1. The summed E-state index contributed by atoms with van der Waals surface area (Å²) in [5, 5.41) is 14.8. The molecule has 3 heterocycles. The van der Waals surface area contributed by atoms with Gasteiger partial charge in [-0.25, -0.2) is 9.78 Å². The van der Waals surface area contributed by atoms with Crippen molar-refractivity contribution in [3.63, 3.8) is 0 Å². The molecule has 0 aliphatic carbocycles. The van der Waals surface area contributed by atoms with E-state index in [4.69, 9.17) is 9.72 Å². The van der Waals surface area contributed by atoms with Gasteiger partial charge in [0.2, 0.25) is 5.88 Å². The van der Waals surface area contributed by atoms with Crippen molar-refractivity contribution in [3.8, 4) is 5.88 Å². The van der Waals surface area contributed by atoms with Crippen molar-refractivity contribution in [2.45, 2.75) is 52.6 Å². The zero-order valence-electron chi connectivity index (χ0n) is 14.7. The van der Waals surface area contributed by atoms with Crippen LogP contribution < -0.4 is 0 Å². The lowest BCUT2D eigenvalue weighted by atomic mass is 10.1. The highest BCUT2D eigenvalue weighted by Crippen LogP contribution is 2.27. The van der Waals surface area contributed by atoms with Crippen LogP contribution in [0.3, 0.4) is 0 Å². The summed E-state index contributed by atoms with van der Waals surface area (Å²) in [6, 6.07) is 0. The molecule has 7 nitrogen and oxygen atoms in total.